The van der Waals surface area contributed by atoms with Crippen LogP contribution in [-0.2, 0) is 26.9 Å². The molecule has 0 spiro atoms. The van der Waals surface area contributed by atoms with Crippen LogP contribution < -0.4 is 5.32 Å². The van der Waals surface area contributed by atoms with Gasteiger partial charge in [-0.3, -0.25) is 4.68 Å². The van der Waals surface area contributed by atoms with E-state index in [0.717, 1.165) is 37.4 Å². The smallest absolute Gasteiger partial charge is 0.109 e. The van der Waals surface area contributed by atoms with E-state index in [4.69, 9.17) is 0 Å². The van der Waals surface area contributed by atoms with Gasteiger partial charge >= 0.3 is 0 Å². The quantitative estimate of drug-likeness (QED) is 0.740. The summed E-state index contributed by atoms with van der Waals surface area (Å²) >= 11 is 0. The second-order valence-corrected chi connectivity index (χ2v) is 4.19. The summed E-state index contributed by atoms with van der Waals surface area (Å²) < 4.78 is 3.89. The molecule has 0 aliphatic carbocycles. The zero-order valence-electron chi connectivity index (χ0n) is 10.4. The molecular weight excluding hydrogens is 214 g/mol. The summed E-state index contributed by atoms with van der Waals surface area (Å²) in [7, 11) is 3.97. The van der Waals surface area contributed by atoms with E-state index < -0.39 is 0 Å². The van der Waals surface area contributed by atoms with Gasteiger partial charge < -0.3 is 9.88 Å². The molecule has 5 nitrogen and oxygen atoms in total. The minimum absolute atomic E-state index is 0.956. The monoisotopic (exact) mass is 233 g/mol. The van der Waals surface area contributed by atoms with Crippen molar-refractivity contribution in [1.82, 2.24) is 24.6 Å². The van der Waals surface area contributed by atoms with Crippen molar-refractivity contribution in [3.05, 3.63) is 36.2 Å². The maximum atomic E-state index is 4.33. The summed E-state index contributed by atoms with van der Waals surface area (Å²) in [4.78, 5) is 4.28. The van der Waals surface area contributed by atoms with Crippen LogP contribution in [-0.4, -0.2) is 32.4 Å². The number of hydrogen-bond acceptors (Lipinski definition) is 3. The van der Waals surface area contributed by atoms with Crippen molar-refractivity contribution in [2.45, 2.75) is 12.8 Å². The molecule has 0 saturated carbocycles. The van der Waals surface area contributed by atoms with Crippen molar-refractivity contribution in [2.75, 3.05) is 13.1 Å². The number of aryl methyl sites for hydroxylation is 2. The highest BCUT2D eigenvalue weighted by Crippen LogP contribution is 1.95. The minimum Gasteiger partial charge on any atom is -0.338 e. The van der Waals surface area contributed by atoms with Crippen molar-refractivity contribution in [1.29, 1.82) is 0 Å². The SMILES string of the molecule is Cn1ccc(CCNCCc2nccn2C)n1. The molecule has 2 heterocycles. The summed E-state index contributed by atoms with van der Waals surface area (Å²) in [5, 5.41) is 7.74. The van der Waals surface area contributed by atoms with E-state index in [2.05, 4.69) is 26.0 Å². The molecular formula is C12H19N5. The van der Waals surface area contributed by atoms with Crippen LogP contribution in [0.1, 0.15) is 11.5 Å². The van der Waals surface area contributed by atoms with Gasteiger partial charge in [0.2, 0.25) is 0 Å². The Morgan fingerprint density at radius 2 is 2.00 bits per heavy atom. The largest absolute Gasteiger partial charge is 0.338 e. The molecule has 0 fully saturated rings. The Balaban J connectivity index is 1.62. The second kappa shape index (κ2) is 5.63. The predicted octanol–water partition coefficient (Wildman–Crippen LogP) is 0.528. The number of nitrogens with zero attached hydrogens (tertiary/aromatic N) is 4. The van der Waals surface area contributed by atoms with Crippen LogP contribution in [0.15, 0.2) is 24.7 Å². The summed E-state index contributed by atoms with van der Waals surface area (Å²) in [6.45, 7) is 1.92. The van der Waals surface area contributed by atoms with Crippen LogP contribution in [0, 0.1) is 0 Å². The predicted molar refractivity (Wildman–Crippen MR) is 66.7 cm³/mol. The van der Waals surface area contributed by atoms with Crippen molar-refractivity contribution < 1.29 is 0 Å². The Morgan fingerprint density at radius 3 is 2.65 bits per heavy atom. The van der Waals surface area contributed by atoms with E-state index in [1.165, 1.54) is 0 Å². The highest BCUT2D eigenvalue weighted by atomic mass is 15.2. The Morgan fingerprint density at radius 1 is 1.18 bits per heavy atom. The Hall–Kier alpha value is -1.62. The summed E-state index contributed by atoms with van der Waals surface area (Å²) in [6, 6.07) is 2.06. The third kappa shape index (κ3) is 3.42. The van der Waals surface area contributed by atoms with Gasteiger partial charge in [-0.15, -0.1) is 0 Å². The molecule has 0 saturated heterocycles. The molecule has 0 aromatic carbocycles. The molecule has 2 rings (SSSR count). The van der Waals surface area contributed by atoms with Crippen molar-refractivity contribution in [3.63, 3.8) is 0 Å². The zero-order valence-corrected chi connectivity index (χ0v) is 10.4. The van der Waals surface area contributed by atoms with Gasteiger partial charge in [-0.05, 0) is 6.07 Å². The third-order valence-electron chi connectivity index (χ3n) is 2.77. The standard InChI is InChI=1S/C12H19N5/c1-16-10-8-14-12(16)4-7-13-6-3-11-5-9-17(2)15-11/h5,8-10,13H,3-4,6-7H2,1-2H3. The number of nitrogens with one attached hydrogen (secondary N) is 1. The summed E-state index contributed by atoms with van der Waals surface area (Å²) in [5.41, 5.74) is 1.14. The molecule has 0 aliphatic rings. The van der Waals surface area contributed by atoms with Gasteiger partial charge in [-0.2, -0.15) is 5.10 Å². The lowest BCUT2D eigenvalue weighted by molar-refractivity contribution is 0.642. The molecule has 0 atom stereocenters. The van der Waals surface area contributed by atoms with Crippen LogP contribution in [0.25, 0.3) is 0 Å². The highest BCUT2D eigenvalue weighted by Gasteiger charge is 1.99. The zero-order chi connectivity index (χ0) is 12.1. The van der Waals surface area contributed by atoms with Crippen molar-refractivity contribution in [2.24, 2.45) is 14.1 Å². The summed E-state index contributed by atoms with van der Waals surface area (Å²) in [5.74, 6) is 1.12. The maximum absolute atomic E-state index is 4.33. The summed E-state index contributed by atoms with van der Waals surface area (Å²) in [6.07, 6.45) is 7.72. The molecule has 0 unspecified atom stereocenters. The van der Waals surface area contributed by atoms with Crippen LogP contribution >= 0.6 is 0 Å². The minimum atomic E-state index is 0.956. The Kier molecular flexibility index (Phi) is 3.93. The first-order chi connectivity index (χ1) is 8.25. The van der Waals surface area contributed by atoms with Crippen LogP contribution in [0.5, 0.6) is 0 Å². The molecule has 2 aromatic heterocycles. The van der Waals surface area contributed by atoms with Crippen molar-refractivity contribution in [3.8, 4) is 0 Å². The van der Waals surface area contributed by atoms with E-state index in [0.29, 0.717) is 0 Å². The number of imidazole rings is 1. The van der Waals surface area contributed by atoms with E-state index >= 15 is 0 Å². The molecule has 0 radical (unpaired) electrons. The fraction of sp³-hybridized carbons (Fsp3) is 0.500. The third-order valence-corrected chi connectivity index (χ3v) is 2.77. The topological polar surface area (TPSA) is 47.7 Å². The van der Waals surface area contributed by atoms with Gasteiger partial charge in [0, 0.05) is 58.6 Å². The van der Waals surface area contributed by atoms with Gasteiger partial charge in [-0.1, -0.05) is 0 Å². The van der Waals surface area contributed by atoms with Gasteiger partial charge in [-0.25, -0.2) is 4.98 Å². The van der Waals surface area contributed by atoms with Gasteiger partial charge in [0.15, 0.2) is 0 Å². The number of aromatic nitrogens is 4. The second-order valence-electron chi connectivity index (χ2n) is 4.19. The average molecular weight is 233 g/mol. The molecule has 0 aliphatic heterocycles. The molecule has 1 N–H and O–H groups in total. The number of rotatable bonds is 6. The molecule has 17 heavy (non-hydrogen) atoms. The van der Waals surface area contributed by atoms with Crippen LogP contribution in [0.3, 0.4) is 0 Å². The van der Waals surface area contributed by atoms with Crippen LogP contribution in [0.2, 0.25) is 0 Å². The van der Waals surface area contributed by atoms with Gasteiger partial charge in [0.05, 0.1) is 5.69 Å². The van der Waals surface area contributed by atoms with E-state index in [1.807, 2.05) is 37.4 Å². The lowest BCUT2D eigenvalue weighted by atomic mass is 10.3. The van der Waals surface area contributed by atoms with E-state index in [-0.39, 0.29) is 0 Å². The highest BCUT2D eigenvalue weighted by molar-refractivity contribution is 4.99. The van der Waals surface area contributed by atoms with Crippen LogP contribution in [0.4, 0.5) is 0 Å². The first-order valence-corrected chi connectivity index (χ1v) is 5.91. The Labute approximate surface area is 101 Å². The Bertz CT molecular complexity index is 457. The maximum Gasteiger partial charge on any atom is 0.109 e. The molecule has 0 amide bonds. The van der Waals surface area contributed by atoms with E-state index in [1.54, 1.807) is 0 Å². The van der Waals surface area contributed by atoms with Crippen molar-refractivity contribution >= 4 is 0 Å². The fourth-order valence-electron chi connectivity index (χ4n) is 1.78. The number of hydrogen-bond donors (Lipinski definition) is 1. The normalized spacial score (nSPS) is 10.9. The van der Waals surface area contributed by atoms with Gasteiger partial charge in [0.1, 0.15) is 5.82 Å². The molecule has 92 valence electrons. The molecule has 0 bridgehead atoms. The first-order valence-electron chi connectivity index (χ1n) is 5.91. The average Bonchev–Trinajstić information content (AvgIpc) is 2.88. The fourth-order valence-corrected chi connectivity index (χ4v) is 1.78. The van der Waals surface area contributed by atoms with E-state index in [9.17, 15) is 0 Å². The lowest BCUT2D eigenvalue weighted by Gasteiger charge is -2.03. The first kappa shape index (κ1) is 11.9. The molecule has 5 heteroatoms. The molecule has 2 aromatic rings. The lowest BCUT2D eigenvalue weighted by Crippen LogP contribution is -2.21. The van der Waals surface area contributed by atoms with Gasteiger partial charge in [0.25, 0.3) is 0 Å².